The molecule has 23 heavy (non-hydrogen) atoms. The van der Waals surface area contributed by atoms with Gasteiger partial charge in [-0.1, -0.05) is 30.3 Å². The van der Waals surface area contributed by atoms with Crippen molar-refractivity contribution in [1.82, 2.24) is 0 Å². The normalized spacial score (nSPS) is 10.7. The smallest absolute Gasteiger partial charge is 0.342 e. The molecule has 2 aromatic carbocycles. The molecule has 116 valence electrons. The molecule has 3 aromatic rings. The maximum Gasteiger partial charge on any atom is 0.342 e. The Morgan fingerprint density at radius 2 is 1.87 bits per heavy atom. The molecule has 0 aliphatic carbocycles. The molecule has 3 rings (SSSR count). The van der Waals surface area contributed by atoms with Gasteiger partial charge in [-0.05, 0) is 19.1 Å². The van der Waals surface area contributed by atoms with Crippen LogP contribution in [0, 0.1) is 10.1 Å². The average Bonchev–Trinajstić information content (AvgIpc) is 2.94. The van der Waals surface area contributed by atoms with Crippen LogP contribution in [0.1, 0.15) is 17.3 Å². The number of ether oxygens (including phenoxy) is 1. The molecule has 0 spiro atoms. The molecule has 0 unspecified atom stereocenters. The number of hydrogen-bond donors (Lipinski definition) is 0. The lowest BCUT2D eigenvalue weighted by molar-refractivity contribution is -0.384. The molecular formula is C17H13NO5. The van der Waals surface area contributed by atoms with Crippen LogP contribution in [-0.2, 0) is 4.74 Å². The first-order valence-electron chi connectivity index (χ1n) is 7.06. The monoisotopic (exact) mass is 311 g/mol. The van der Waals surface area contributed by atoms with E-state index in [0.29, 0.717) is 11.0 Å². The van der Waals surface area contributed by atoms with Gasteiger partial charge in [0.2, 0.25) is 0 Å². The van der Waals surface area contributed by atoms with Gasteiger partial charge in [0, 0.05) is 11.5 Å². The minimum atomic E-state index is -0.564. The fourth-order valence-corrected chi connectivity index (χ4v) is 2.47. The highest BCUT2D eigenvalue weighted by Crippen LogP contribution is 2.38. The van der Waals surface area contributed by atoms with E-state index in [2.05, 4.69) is 0 Å². The number of furan rings is 1. The van der Waals surface area contributed by atoms with Crippen molar-refractivity contribution in [3.05, 3.63) is 64.2 Å². The van der Waals surface area contributed by atoms with Crippen LogP contribution in [0.25, 0.3) is 22.3 Å². The fraction of sp³-hybridized carbons (Fsp3) is 0.118. The van der Waals surface area contributed by atoms with Gasteiger partial charge in [-0.3, -0.25) is 10.1 Å². The predicted molar refractivity (Wildman–Crippen MR) is 84.3 cm³/mol. The Labute approximate surface area is 131 Å². The minimum Gasteiger partial charge on any atom is -0.462 e. The summed E-state index contributed by atoms with van der Waals surface area (Å²) in [6.45, 7) is 1.90. The molecule has 6 heteroatoms. The summed E-state index contributed by atoms with van der Waals surface area (Å²) in [5.74, 6) is -0.414. The zero-order chi connectivity index (χ0) is 16.4. The molecule has 1 heterocycles. The molecule has 0 atom stereocenters. The van der Waals surface area contributed by atoms with Crippen molar-refractivity contribution in [2.45, 2.75) is 6.92 Å². The molecule has 0 amide bonds. The predicted octanol–water partition coefficient (Wildman–Crippen LogP) is 4.18. The van der Waals surface area contributed by atoms with E-state index in [0.717, 1.165) is 0 Å². The van der Waals surface area contributed by atoms with Crippen molar-refractivity contribution in [3.8, 4) is 11.3 Å². The molecule has 1 aromatic heterocycles. The number of hydrogen-bond acceptors (Lipinski definition) is 5. The third-order valence-corrected chi connectivity index (χ3v) is 3.42. The van der Waals surface area contributed by atoms with Crippen LogP contribution in [-0.4, -0.2) is 17.5 Å². The van der Waals surface area contributed by atoms with Gasteiger partial charge in [0.25, 0.3) is 5.69 Å². The number of nitrogens with zero attached hydrogens (tertiary/aromatic N) is 1. The highest BCUT2D eigenvalue weighted by molar-refractivity contribution is 6.09. The standard InChI is InChI=1S/C17H13NO5/c1-2-22-17(19)15-12-8-4-6-10-14(12)23-16(15)11-7-3-5-9-13(11)18(20)21/h3-10H,2H2,1H3. The minimum absolute atomic E-state index is 0.128. The number of rotatable bonds is 4. The number of para-hydroxylation sites is 2. The van der Waals surface area contributed by atoms with E-state index in [4.69, 9.17) is 9.15 Å². The van der Waals surface area contributed by atoms with Crippen LogP contribution in [0.4, 0.5) is 5.69 Å². The maximum atomic E-state index is 12.3. The molecule has 0 aliphatic heterocycles. The van der Waals surface area contributed by atoms with Crippen LogP contribution < -0.4 is 0 Å². The summed E-state index contributed by atoms with van der Waals surface area (Å²) in [7, 11) is 0. The van der Waals surface area contributed by atoms with E-state index in [-0.39, 0.29) is 29.2 Å². The summed E-state index contributed by atoms with van der Waals surface area (Å²) in [6.07, 6.45) is 0. The van der Waals surface area contributed by atoms with Gasteiger partial charge >= 0.3 is 5.97 Å². The first kappa shape index (κ1) is 14.8. The largest absolute Gasteiger partial charge is 0.462 e. The summed E-state index contributed by atoms with van der Waals surface area (Å²) in [6, 6.07) is 13.1. The van der Waals surface area contributed by atoms with Crippen LogP contribution in [0.3, 0.4) is 0 Å². The first-order chi connectivity index (χ1) is 11.1. The number of nitro benzene ring substituents is 1. The second-order valence-corrected chi connectivity index (χ2v) is 4.80. The number of fused-ring (bicyclic) bond motifs is 1. The van der Waals surface area contributed by atoms with Crippen LogP contribution in [0.15, 0.2) is 52.9 Å². The van der Waals surface area contributed by atoms with Crippen LogP contribution in [0.2, 0.25) is 0 Å². The number of esters is 1. The molecule has 6 nitrogen and oxygen atoms in total. The zero-order valence-electron chi connectivity index (χ0n) is 12.3. The fourth-order valence-electron chi connectivity index (χ4n) is 2.47. The van der Waals surface area contributed by atoms with Gasteiger partial charge in [0.15, 0.2) is 5.76 Å². The summed E-state index contributed by atoms with van der Waals surface area (Å²) in [5.41, 5.74) is 0.800. The van der Waals surface area contributed by atoms with Gasteiger partial charge in [0.05, 0.1) is 17.1 Å². The summed E-state index contributed by atoms with van der Waals surface area (Å²) < 4.78 is 10.8. The highest BCUT2D eigenvalue weighted by atomic mass is 16.6. The molecule has 0 fully saturated rings. The number of carbonyl (C=O) groups is 1. The molecule has 0 aliphatic rings. The van der Waals surface area contributed by atoms with Crippen molar-refractivity contribution in [3.63, 3.8) is 0 Å². The van der Waals surface area contributed by atoms with E-state index in [1.807, 2.05) is 0 Å². The summed E-state index contributed by atoms with van der Waals surface area (Å²) in [4.78, 5) is 23.1. The van der Waals surface area contributed by atoms with Gasteiger partial charge in [-0.2, -0.15) is 0 Å². The van der Waals surface area contributed by atoms with Crippen LogP contribution >= 0.6 is 0 Å². The molecule has 0 saturated heterocycles. The van der Waals surface area contributed by atoms with E-state index < -0.39 is 10.9 Å². The molecular weight excluding hydrogens is 298 g/mol. The summed E-state index contributed by atoms with van der Waals surface area (Å²) in [5, 5.41) is 11.8. The van der Waals surface area contributed by atoms with Crippen LogP contribution in [0.5, 0.6) is 0 Å². The SMILES string of the molecule is CCOC(=O)c1c(-c2ccccc2[N+](=O)[O-])oc2ccccc12. The maximum absolute atomic E-state index is 12.3. The molecule has 0 radical (unpaired) electrons. The lowest BCUT2D eigenvalue weighted by Gasteiger charge is -2.04. The Bertz CT molecular complexity index is 897. The van der Waals surface area contributed by atoms with E-state index in [1.54, 1.807) is 49.4 Å². The van der Waals surface area contributed by atoms with Gasteiger partial charge in [-0.15, -0.1) is 0 Å². The Balaban J connectivity index is 2.32. The van der Waals surface area contributed by atoms with Crippen molar-refractivity contribution < 1.29 is 18.9 Å². The molecule has 0 bridgehead atoms. The molecule has 0 N–H and O–H groups in total. The lowest BCUT2D eigenvalue weighted by Crippen LogP contribution is -2.05. The Morgan fingerprint density at radius 1 is 1.17 bits per heavy atom. The van der Waals surface area contributed by atoms with Crippen molar-refractivity contribution in [2.24, 2.45) is 0 Å². The van der Waals surface area contributed by atoms with Gasteiger partial charge in [-0.25, -0.2) is 4.79 Å². The van der Waals surface area contributed by atoms with Crippen molar-refractivity contribution in [2.75, 3.05) is 6.61 Å². The number of nitro groups is 1. The number of benzene rings is 2. The first-order valence-corrected chi connectivity index (χ1v) is 7.06. The third kappa shape index (κ3) is 2.55. The van der Waals surface area contributed by atoms with Gasteiger partial charge in [0.1, 0.15) is 11.1 Å². The Morgan fingerprint density at radius 3 is 2.61 bits per heavy atom. The Kier molecular flexibility index (Phi) is 3.80. The zero-order valence-corrected chi connectivity index (χ0v) is 12.3. The van der Waals surface area contributed by atoms with Gasteiger partial charge < -0.3 is 9.15 Å². The second-order valence-electron chi connectivity index (χ2n) is 4.80. The Hall–Kier alpha value is -3.15. The number of carbonyl (C=O) groups excluding carboxylic acids is 1. The lowest BCUT2D eigenvalue weighted by atomic mass is 10.0. The van der Waals surface area contributed by atoms with Crippen molar-refractivity contribution >= 4 is 22.6 Å². The topological polar surface area (TPSA) is 82.6 Å². The quantitative estimate of drug-likeness (QED) is 0.410. The van der Waals surface area contributed by atoms with E-state index >= 15 is 0 Å². The molecule has 0 saturated carbocycles. The van der Waals surface area contributed by atoms with E-state index in [9.17, 15) is 14.9 Å². The van der Waals surface area contributed by atoms with E-state index in [1.165, 1.54) is 6.07 Å². The second kappa shape index (κ2) is 5.92. The highest BCUT2D eigenvalue weighted by Gasteiger charge is 2.27. The third-order valence-electron chi connectivity index (χ3n) is 3.42. The average molecular weight is 311 g/mol. The summed E-state index contributed by atoms with van der Waals surface area (Å²) >= 11 is 0. The van der Waals surface area contributed by atoms with Crippen molar-refractivity contribution in [1.29, 1.82) is 0 Å².